The van der Waals surface area contributed by atoms with Crippen molar-refractivity contribution in [3.05, 3.63) is 6.92 Å². The maximum absolute atomic E-state index is 5.30. The average molecular weight is 142 g/mol. The summed E-state index contributed by atoms with van der Waals surface area (Å²) in [6, 6.07) is 0. The summed E-state index contributed by atoms with van der Waals surface area (Å²) in [5, 5.41) is 0. The molecule has 0 aromatic heterocycles. The molecule has 10 heavy (non-hydrogen) atoms. The van der Waals surface area contributed by atoms with Crippen molar-refractivity contribution in [3.8, 4) is 0 Å². The molecule has 0 aromatic carbocycles. The highest BCUT2D eigenvalue weighted by atomic mass is 16.7. The van der Waals surface area contributed by atoms with Gasteiger partial charge in [0.2, 0.25) is 0 Å². The van der Waals surface area contributed by atoms with Gasteiger partial charge < -0.3 is 9.47 Å². The maximum atomic E-state index is 5.30. The Bertz CT molecular complexity index is 77.3. The minimum absolute atomic E-state index is 0.0253. The van der Waals surface area contributed by atoms with E-state index in [0.29, 0.717) is 13.0 Å². The van der Waals surface area contributed by atoms with Crippen LogP contribution in [0.15, 0.2) is 0 Å². The first kappa shape index (κ1) is 8.02. The lowest BCUT2D eigenvalue weighted by Crippen LogP contribution is -2.22. The minimum atomic E-state index is 0.0253. The van der Waals surface area contributed by atoms with Crippen molar-refractivity contribution >= 4 is 0 Å². The molecule has 2 heteroatoms. The molecule has 0 saturated carbocycles. The molecule has 1 fully saturated rings. The molecule has 2 radical (unpaired) electrons. The second-order valence-electron chi connectivity index (χ2n) is 2.46. The standard InChI is InChI=1S/C8H14O2/c1-2-6-9-8-5-3-4-7-10-8/h1,8H,2-7H2. The number of hydrogen-bond acceptors (Lipinski definition) is 2. The van der Waals surface area contributed by atoms with Gasteiger partial charge in [0.1, 0.15) is 0 Å². The Balaban J connectivity index is 2.02. The van der Waals surface area contributed by atoms with Gasteiger partial charge >= 0.3 is 0 Å². The Morgan fingerprint density at radius 1 is 1.50 bits per heavy atom. The van der Waals surface area contributed by atoms with Gasteiger partial charge in [-0.05, 0) is 32.6 Å². The second-order valence-corrected chi connectivity index (χ2v) is 2.46. The van der Waals surface area contributed by atoms with Crippen molar-refractivity contribution in [1.29, 1.82) is 0 Å². The zero-order valence-corrected chi connectivity index (χ0v) is 6.21. The fourth-order valence-corrected chi connectivity index (χ4v) is 1.04. The van der Waals surface area contributed by atoms with Crippen molar-refractivity contribution in [2.45, 2.75) is 32.0 Å². The van der Waals surface area contributed by atoms with E-state index in [2.05, 4.69) is 0 Å². The monoisotopic (exact) mass is 142 g/mol. The van der Waals surface area contributed by atoms with Gasteiger partial charge in [0, 0.05) is 6.61 Å². The minimum Gasteiger partial charge on any atom is -0.353 e. The molecule has 1 heterocycles. The third-order valence-corrected chi connectivity index (χ3v) is 1.56. The third-order valence-electron chi connectivity index (χ3n) is 1.56. The summed E-state index contributed by atoms with van der Waals surface area (Å²) in [4.78, 5) is 0. The van der Waals surface area contributed by atoms with Gasteiger partial charge in [-0.3, -0.25) is 0 Å². The molecule has 1 aliphatic rings. The lowest BCUT2D eigenvalue weighted by atomic mass is 10.2. The summed E-state index contributed by atoms with van der Waals surface area (Å²) in [6.45, 7) is 6.72. The van der Waals surface area contributed by atoms with E-state index in [4.69, 9.17) is 16.4 Å². The Morgan fingerprint density at radius 3 is 3.00 bits per heavy atom. The normalized spacial score (nSPS) is 26.7. The number of ether oxygens (including phenoxy) is 2. The molecule has 58 valence electrons. The van der Waals surface area contributed by atoms with Gasteiger partial charge in [-0.15, -0.1) is 0 Å². The second kappa shape index (κ2) is 4.69. The van der Waals surface area contributed by atoms with Gasteiger partial charge in [0.15, 0.2) is 6.29 Å². The molecule has 2 nitrogen and oxygen atoms in total. The molecule has 0 aromatic rings. The van der Waals surface area contributed by atoms with Crippen LogP contribution >= 0.6 is 0 Å². The van der Waals surface area contributed by atoms with E-state index in [1.807, 2.05) is 0 Å². The van der Waals surface area contributed by atoms with Gasteiger partial charge in [-0.25, -0.2) is 0 Å². The third kappa shape index (κ3) is 2.67. The first-order valence-electron chi connectivity index (χ1n) is 3.87. The summed E-state index contributed by atoms with van der Waals surface area (Å²) in [7, 11) is 0. The lowest BCUT2D eigenvalue weighted by molar-refractivity contribution is -0.161. The van der Waals surface area contributed by atoms with Crippen molar-refractivity contribution in [1.82, 2.24) is 0 Å². The van der Waals surface area contributed by atoms with Crippen LogP contribution in [-0.2, 0) is 9.47 Å². The molecule has 1 aliphatic heterocycles. The molecule has 1 atom stereocenters. The van der Waals surface area contributed by atoms with Crippen LogP contribution in [0.2, 0.25) is 0 Å². The smallest absolute Gasteiger partial charge is 0.157 e. The number of rotatable bonds is 3. The Kier molecular flexibility index (Phi) is 3.76. The molecule has 0 amide bonds. The molecule has 0 spiro atoms. The van der Waals surface area contributed by atoms with Crippen LogP contribution in [0.5, 0.6) is 0 Å². The summed E-state index contributed by atoms with van der Waals surface area (Å²) in [6.07, 6.45) is 4.02. The van der Waals surface area contributed by atoms with Gasteiger partial charge in [0.05, 0.1) is 6.61 Å². The Hall–Kier alpha value is -0.0800. The van der Waals surface area contributed by atoms with Crippen LogP contribution in [0.4, 0.5) is 0 Å². The van der Waals surface area contributed by atoms with Crippen molar-refractivity contribution in [2.24, 2.45) is 0 Å². The predicted octanol–water partition coefficient (Wildman–Crippen LogP) is 1.63. The van der Waals surface area contributed by atoms with Crippen LogP contribution < -0.4 is 0 Å². The van der Waals surface area contributed by atoms with E-state index >= 15 is 0 Å². The summed E-state index contributed by atoms with van der Waals surface area (Å²) in [5.41, 5.74) is 0. The number of hydrogen-bond donors (Lipinski definition) is 0. The van der Waals surface area contributed by atoms with Crippen LogP contribution in [0.3, 0.4) is 0 Å². The van der Waals surface area contributed by atoms with E-state index in [-0.39, 0.29) is 6.29 Å². The van der Waals surface area contributed by atoms with E-state index < -0.39 is 0 Å². The summed E-state index contributed by atoms with van der Waals surface area (Å²) >= 11 is 0. The summed E-state index contributed by atoms with van der Waals surface area (Å²) < 4.78 is 10.6. The van der Waals surface area contributed by atoms with Gasteiger partial charge in [-0.2, -0.15) is 0 Å². The van der Waals surface area contributed by atoms with Crippen molar-refractivity contribution < 1.29 is 9.47 Å². The first-order valence-corrected chi connectivity index (χ1v) is 3.87. The molecular weight excluding hydrogens is 128 g/mol. The first-order chi connectivity index (χ1) is 4.93. The van der Waals surface area contributed by atoms with Crippen molar-refractivity contribution in [3.63, 3.8) is 0 Å². The highest BCUT2D eigenvalue weighted by Crippen LogP contribution is 2.13. The van der Waals surface area contributed by atoms with Gasteiger partial charge in [-0.1, -0.05) is 0 Å². The van der Waals surface area contributed by atoms with Crippen molar-refractivity contribution in [2.75, 3.05) is 13.2 Å². The quantitative estimate of drug-likeness (QED) is 0.596. The molecule has 1 rings (SSSR count). The zero-order valence-electron chi connectivity index (χ0n) is 6.21. The van der Waals surface area contributed by atoms with Crippen LogP contribution in [0.1, 0.15) is 25.7 Å². The Morgan fingerprint density at radius 2 is 2.40 bits per heavy atom. The topological polar surface area (TPSA) is 18.5 Å². The van der Waals surface area contributed by atoms with E-state index in [1.165, 1.54) is 12.8 Å². The highest BCUT2D eigenvalue weighted by molar-refractivity contribution is 4.53. The molecule has 1 unspecified atom stereocenters. The van der Waals surface area contributed by atoms with Crippen LogP contribution in [0.25, 0.3) is 0 Å². The zero-order chi connectivity index (χ0) is 7.23. The molecule has 1 saturated heterocycles. The molecule has 0 aliphatic carbocycles. The molecule has 0 bridgehead atoms. The molecule has 0 N–H and O–H groups in total. The molecular formula is C8H14O2. The fourth-order valence-electron chi connectivity index (χ4n) is 1.04. The van der Waals surface area contributed by atoms with E-state index in [0.717, 1.165) is 13.0 Å². The summed E-state index contributed by atoms with van der Waals surface area (Å²) in [5.74, 6) is 0. The van der Waals surface area contributed by atoms with Crippen LogP contribution in [-0.4, -0.2) is 19.5 Å². The predicted molar refractivity (Wildman–Crippen MR) is 38.5 cm³/mol. The fraction of sp³-hybridized carbons (Fsp3) is 0.875. The van der Waals surface area contributed by atoms with Gasteiger partial charge in [0.25, 0.3) is 0 Å². The van der Waals surface area contributed by atoms with E-state index in [9.17, 15) is 0 Å². The lowest BCUT2D eigenvalue weighted by Gasteiger charge is -2.22. The largest absolute Gasteiger partial charge is 0.353 e. The van der Waals surface area contributed by atoms with E-state index in [1.54, 1.807) is 0 Å². The average Bonchev–Trinajstić information content (AvgIpc) is 2.03. The van der Waals surface area contributed by atoms with Crippen LogP contribution in [0, 0.1) is 6.92 Å². The Labute approximate surface area is 62.5 Å². The highest BCUT2D eigenvalue weighted by Gasteiger charge is 2.12. The SMILES string of the molecule is [CH]CCOC1CCCCO1. The maximum Gasteiger partial charge on any atom is 0.157 e.